The molecule has 0 unspecified atom stereocenters. The van der Waals surface area contributed by atoms with Crippen LogP contribution in [0.2, 0.25) is 0 Å². The number of rotatable bonds is 6. The summed E-state index contributed by atoms with van der Waals surface area (Å²) < 4.78 is 30.1. The van der Waals surface area contributed by atoms with Crippen molar-refractivity contribution >= 4 is 10.0 Å². The molecular formula is C8H16N4O3S. The molecule has 0 atom stereocenters. The van der Waals surface area contributed by atoms with Gasteiger partial charge in [0.05, 0.1) is 12.8 Å². The standard InChI is InChI=1S/C8H16N4O3S/c1-12(3-4-15-2)16(13,14)8-7(5-9)6-10-11-8/h6H,3-5,9H2,1-2H3,(H,10,11). The van der Waals surface area contributed by atoms with Gasteiger partial charge in [-0.1, -0.05) is 0 Å². The Hall–Kier alpha value is -0.960. The van der Waals surface area contributed by atoms with Gasteiger partial charge in [-0.15, -0.1) is 0 Å². The highest BCUT2D eigenvalue weighted by atomic mass is 32.2. The summed E-state index contributed by atoms with van der Waals surface area (Å²) in [6.45, 7) is 0.743. The molecule has 0 fully saturated rings. The van der Waals surface area contributed by atoms with Gasteiger partial charge < -0.3 is 10.5 Å². The van der Waals surface area contributed by atoms with E-state index >= 15 is 0 Å². The Morgan fingerprint density at radius 1 is 1.62 bits per heavy atom. The summed E-state index contributed by atoms with van der Waals surface area (Å²) in [6, 6.07) is 0. The quantitative estimate of drug-likeness (QED) is 0.682. The van der Waals surface area contributed by atoms with Crippen LogP contribution in [0, 0.1) is 0 Å². The minimum Gasteiger partial charge on any atom is -0.383 e. The molecule has 0 aromatic carbocycles. The number of aromatic amines is 1. The van der Waals surface area contributed by atoms with Gasteiger partial charge in [0, 0.05) is 32.8 Å². The monoisotopic (exact) mass is 248 g/mol. The van der Waals surface area contributed by atoms with E-state index in [9.17, 15) is 8.42 Å². The topological polar surface area (TPSA) is 101 Å². The van der Waals surface area contributed by atoms with Crippen molar-refractivity contribution in [3.8, 4) is 0 Å². The molecular weight excluding hydrogens is 232 g/mol. The Kier molecular flexibility index (Phi) is 4.42. The van der Waals surface area contributed by atoms with Gasteiger partial charge in [-0.05, 0) is 0 Å². The number of ether oxygens (including phenoxy) is 1. The van der Waals surface area contributed by atoms with Crippen LogP contribution in [0.25, 0.3) is 0 Å². The number of H-pyrrole nitrogens is 1. The lowest BCUT2D eigenvalue weighted by molar-refractivity contribution is 0.185. The van der Waals surface area contributed by atoms with Gasteiger partial charge in [0.15, 0.2) is 5.03 Å². The third kappa shape index (κ3) is 2.59. The van der Waals surface area contributed by atoms with E-state index in [4.69, 9.17) is 10.5 Å². The summed E-state index contributed by atoms with van der Waals surface area (Å²) >= 11 is 0. The minimum absolute atomic E-state index is 0.0496. The van der Waals surface area contributed by atoms with Gasteiger partial charge in [-0.25, -0.2) is 8.42 Å². The molecule has 0 aliphatic rings. The highest BCUT2D eigenvalue weighted by Gasteiger charge is 2.24. The number of sulfonamides is 1. The predicted octanol–water partition coefficient (Wildman–Crippen LogP) is -0.865. The third-order valence-electron chi connectivity index (χ3n) is 2.18. The van der Waals surface area contributed by atoms with E-state index in [1.54, 1.807) is 0 Å². The van der Waals surface area contributed by atoms with E-state index in [-0.39, 0.29) is 18.1 Å². The van der Waals surface area contributed by atoms with Crippen molar-refractivity contribution in [2.24, 2.45) is 5.73 Å². The maximum atomic E-state index is 12.0. The van der Waals surface area contributed by atoms with E-state index in [0.29, 0.717) is 12.2 Å². The Bertz CT molecular complexity index is 428. The maximum Gasteiger partial charge on any atom is 0.260 e. The average Bonchev–Trinajstić information content (AvgIpc) is 2.74. The van der Waals surface area contributed by atoms with Gasteiger partial charge >= 0.3 is 0 Å². The summed E-state index contributed by atoms with van der Waals surface area (Å²) in [6.07, 6.45) is 1.41. The van der Waals surface area contributed by atoms with Gasteiger partial charge in [0.1, 0.15) is 0 Å². The fraction of sp³-hybridized carbons (Fsp3) is 0.625. The molecule has 0 saturated heterocycles. The molecule has 0 aliphatic heterocycles. The molecule has 7 nitrogen and oxygen atoms in total. The van der Waals surface area contributed by atoms with E-state index < -0.39 is 10.0 Å². The second-order valence-corrected chi connectivity index (χ2v) is 5.23. The van der Waals surface area contributed by atoms with E-state index in [1.165, 1.54) is 24.7 Å². The molecule has 92 valence electrons. The SMILES string of the molecule is COCCN(C)S(=O)(=O)c1[nH]ncc1CN. The molecule has 8 heteroatoms. The Morgan fingerprint density at radius 3 is 2.88 bits per heavy atom. The Labute approximate surface area is 94.6 Å². The molecule has 1 aromatic rings. The summed E-state index contributed by atoms with van der Waals surface area (Å²) in [5.74, 6) is 0. The molecule has 1 rings (SSSR count). The van der Waals surface area contributed by atoms with Crippen LogP contribution in [-0.4, -0.2) is 50.2 Å². The highest BCUT2D eigenvalue weighted by Crippen LogP contribution is 2.15. The number of aromatic nitrogens is 2. The van der Waals surface area contributed by atoms with Crippen LogP contribution in [0.4, 0.5) is 0 Å². The smallest absolute Gasteiger partial charge is 0.260 e. The molecule has 0 saturated carbocycles. The summed E-state index contributed by atoms with van der Waals surface area (Å²) in [5, 5.41) is 6.18. The zero-order valence-corrected chi connectivity index (χ0v) is 10.1. The summed E-state index contributed by atoms with van der Waals surface area (Å²) in [5.41, 5.74) is 5.90. The number of nitrogens with zero attached hydrogens (tertiary/aromatic N) is 2. The number of nitrogens with two attached hydrogens (primary N) is 1. The van der Waals surface area contributed by atoms with Gasteiger partial charge in [0.25, 0.3) is 10.0 Å². The summed E-state index contributed by atoms with van der Waals surface area (Å²) in [7, 11) is -0.558. The lowest BCUT2D eigenvalue weighted by Crippen LogP contribution is -2.31. The Balaban J connectivity index is 2.93. The van der Waals surface area contributed by atoms with Crippen molar-refractivity contribution in [3.63, 3.8) is 0 Å². The largest absolute Gasteiger partial charge is 0.383 e. The number of methoxy groups -OCH3 is 1. The fourth-order valence-corrected chi connectivity index (χ4v) is 2.43. The lowest BCUT2D eigenvalue weighted by atomic mass is 10.4. The predicted molar refractivity (Wildman–Crippen MR) is 58.2 cm³/mol. The minimum atomic E-state index is -3.56. The van der Waals surface area contributed by atoms with Crippen molar-refractivity contribution in [1.82, 2.24) is 14.5 Å². The van der Waals surface area contributed by atoms with Gasteiger partial charge in [-0.3, -0.25) is 5.10 Å². The molecule has 1 heterocycles. The van der Waals surface area contributed by atoms with Crippen LogP contribution in [0.3, 0.4) is 0 Å². The van der Waals surface area contributed by atoms with Crippen molar-refractivity contribution in [2.75, 3.05) is 27.3 Å². The van der Waals surface area contributed by atoms with Crippen LogP contribution in [0.1, 0.15) is 5.56 Å². The van der Waals surface area contributed by atoms with Crippen LogP contribution >= 0.6 is 0 Å². The second-order valence-electron chi connectivity index (χ2n) is 3.25. The Morgan fingerprint density at radius 2 is 2.31 bits per heavy atom. The molecule has 0 spiro atoms. The number of likely N-dealkylation sites (N-methyl/N-ethyl adjacent to an activating group) is 1. The normalized spacial score (nSPS) is 12.2. The molecule has 0 aliphatic carbocycles. The molecule has 1 aromatic heterocycles. The molecule has 0 radical (unpaired) electrons. The first-order valence-corrected chi connectivity index (χ1v) is 6.15. The fourth-order valence-electron chi connectivity index (χ4n) is 1.16. The van der Waals surface area contributed by atoms with E-state index in [1.807, 2.05) is 0 Å². The lowest BCUT2D eigenvalue weighted by Gasteiger charge is -2.15. The van der Waals surface area contributed by atoms with Crippen molar-refractivity contribution in [2.45, 2.75) is 11.6 Å². The van der Waals surface area contributed by atoms with Crippen LogP contribution in [0.5, 0.6) is 0 Å². The van der Waals surface area contributed by atoms with Crippen molar-refractivity contribution < 1.29 is 13.2 Å². The van der Waals surface area contributed by atoms with Gasteiger partial charge in [-0.2, -0.15) is 9.40 Å². The first kappa shape index (κ1) is 13.1. The average molecular weight is 248 g/mol. The zero-order chi connectivity index (χ0) is 12.2. The molecule has 0 bridgehead atoms. The molecule has 3 N–H and O–H groups in total. The van der Waals surface area contributed by atoms with Crippen LogP contribution in [0.15, 0.2) is 11.2 Å². The van der Waals surface area contributed by atoms with E-state index in [0.717, 1.165) is 0 Å². The van der Waals surface area contributed by atoms with Gasteiger partial charge in [0.2, 0.25) is 0 Å². The first-order valence-electron chi connectivity index (χ1n) is 4.71. The number of hydrogen-bond donors (Lipinski definition) is 2. The zero-order valence-electron chi connectivity index (χ0n) is 9.30. The second kappa shape index (κ2) is 5.39. The number of hydrogen-bond acceptors (Lipinski definition) is 5. The van der Waals surface area contributed by atoms with Crippen molar-refractivity contribution in [3.05, 3.63) is 11.8 Å². The van der Waals surface area contributed by atoms with Crippen LogP contribution in [-0.2, 0) is 21.3 Å². The number of nitrogens with one attached hydrogen (secondary N) is 1. The maximum absolute atomic E-state index is 12.0. The summed E-state index contributed by atoms with van der Waals surface area (Å²) in [4.78, 5) is 0. The van der Waals surface area contributed by atoms with E-state index in [2.05, 4.69) is 10.2 Å². The molecule has 16 heavy (non-hydrogen) atoms. The van der Waals surface area contributed by atoms with Crippen molar-refractivity contribution in [1.29, 1.82) is 0 Å². The first-order chi connectivity index (χ1) is 7.54. The third-order valence-corrected chi connectivity index (χ3v) is 4.05. The highest BCUT2D eigenvalue weighted by molar-refractivity contribution is 7.89. The van der Waals surface area contributed by atoms with Crippen LogP contribution < -0.4 is 5.73 Å². The molecule has 0 amide bonds.